The van der Waals surface area contributed by atoms with Crippen LogP contribution in [0.5, 0.6) is 0 Å². The van der Waals surface area contributed by atoms with Gasteiger partial charge in [0.15, 0.2) is 0 Å². The van der Waals surface area contributed by atoms with Crippen molar-refractivity contribution in [1.29, 1.82) is 0 Å². The SMILES string of the molecule is CC(C)c1ccc(C(C)(C)C(N)=O)cc1. The van der Waals surface area contributed by atoms with E-state index in [0.29, 0.717) is 5.92 Å². The third-order valence-corrected chi connectivity index (χ3v) is 2.92. The van der Waals surface area contributed by atoms with Gasteiger partial charge in [0.05, 0.1) is 5.41 Å². The largest absolute Gasteiger partial charge is 0.369 e. The van der Waals surface area contributed by atoms with E-state index < -0.39 is 5.41 Å². The highest BCUT2D eigenvalue weighted by Crippen LogP contribution is 2.24. The van der Waals surface area contributed by atoms with Crippen LogP contribution in [0.1, 0.15) is 44.7 Å². The Morgan fingerprint density at radius 3 is 2.00 bits per heavy atom. The molecular weight excluding hydrogens is 186 g/mol. The Balaban J connectivity index is 3.04. The van der Waals surface area contributed by atoms with Gasteiger partial charge in [0, 0.05) is 0 Å². The molecule has 0 atom stereocenters. The van der Waals surface area contributed by atoms with Crippen molar-refractivity contribution < 1.29 is 4.79 Å². The van der Waals surface area contributed by atoms with Crippen LogP contribution in [-0.2, 0) is 10.2 Å². The molecule has 0 bridgehead atoms. The molecule has 1 aromatic rings. The first-order valence-electron chi connectivity index (χ1n) is 5.26. The molecule has 1 rings (SSSR count). The van der Waals surface area contributed by atoms with Crippen molar-refractivity contribution in [3.05, 3.63) is 35.4 Å². The van der Waals surface area contributed by atoms with E-state index in [9.17, 15) is 4.79 Å². The predicted octanol–water partition coefficient (Wildman–Crippen LogP) is 2.57. The van der Waals surface area contributed by atoms with Crippen LogP contribution in [0.4, 0.5) is 0 Å². The lowest BCUT2D eigenvalue weighted by Crippen LogP contribution is -2.35. The van der Waals surface area contributed by atoms with Gasteiger partial charge in [-0.3, -0.25) is 4.79 Å². The van der Waals surface area contributed by atoms with Gasteiger partial charge in [0.1, 0.15) is 0 Å². The summed E-state index contributed by atoms with van der Waals surface area (Å²) in [5.74, 6) is 0.218. The summed E-state index contributed by atoms with van der Waals surface area (Å²) in [5, 5.41) is 0. The van der Waals surface area contributed by atoms with Crippen LogP contribution in [0, 0.1) is 0 Å². The lowest BCUT2D eigenvalue weighted by molar-refractivity contribution is -0.122. The van der Waals surface area contributed by atoms with Gasteiger partial charge in [-0.25, -0.2) is 0 Å². The van der Waals surface area contributed by atoms with Gasteiger partial charge < -0.3 is 5.73 Å². The number of carbonyl (C=O) groups excluding carboxylic acids is 1. The molecule has 1 amide bonds. The second-order valence-corrected chi connectivity index (χ2v) is 4.77. The topological polar surface area (TPSA) is 43.1 Å². The van der Waals surface area contributed by atoms with Gasteiger partial charge in [0.25, 0.3) is 0 Å². The molecule has 0 radical (unpaired) electrons. The number of hydrogen-bond acceptors (Lipinski definition) is 1. The van der Waals surface area contributed by atoms with Gasteiger partial charge in [0.2, 0.25) is 5.91 Å². The monoisotopic (exact) mass is 205 g/mol. The quantitative estimate of drug-likeness (QED) is 0.809. The number of benzene rings is 1. The summed E-state index contributed by atoms with van der Waals surface area (Å²) in [5.41, 5.74) is 7.02. The Hall–Kier alpha value is -1.31. The molecule has 0 aromatic heterocycles. The first-order valence-corrected chi connectivity index (χ1v) is 5.26. The predicted molar refractivity (Wildman–Crippen MR) is 62.8 cm³/mol. The molecule has 15 heavy (non-hydrogen) atoms. The Morgan fingerprint density at radius 2 is 1.67 bits per heavy atom. The number of amides is 1. The molecule has 0 spiro atoms. The van der Waals surface area contributed by atoms with Crippen LogP contribution >= 0.6 is 0 Å². The third kappa shape index (κ3) is 2.38. The summed E-state index contributed by atoms with van der Waals surface area (Å²) in [6.07, 6.45) is 0. The summed E-state index contributed by atoms with van der Waals surface area (Å²) in [4.78, 5) is 11.3. The fourth-order valence-electron chi connectivity index (χ4n) is 1.43. The van der Waals surface area contributed by atoms with Crippen molar-refractivity contribution in [1.82, 2.24) is 0 Å². The molecule has 0 heterocycles. The minimum Gasteiger partial charge on any atom is -0.369 e. The summed E-state index contributed by atoms with van der Waals surface area (Å²) in [7, 11) is 0. The maximum Gasteiger partial charge on any atom is 0.227 e. The van der Waals surface area contributed by atoms with Crippen LogP contribution in [0.3, 0.4) is 0 Å². The van der Waals surface area contributed by atoms with Crippen molar-refractivity contribution in [3.8, 4) is 0 Å². The zero-order chi connectivity index (χ0) is 11.6. The van der Waals surface area contributed by atoms with E-state index in [1.54, 1.807) is 0 Å². The molecule has 0 aliphatic rings. The van der Waals surface area contributed by atoms with Crippen LogP contribution in [0.25, 0.3) is 0 Å². The second-order valence-electron chi connectivity index (χ2n) is 4.77. The van der Waals surface area contributed by atoms with Crippen LogP contribution in [0.15, 0.2) is 24.3 Å². The first-order chi connectivity index (χ1) is 6.85. The van der Waals surface area contributed by atoms with Crippen molar-refractivity contribution in [2.75, 3.05) is 0 Å². The summed E-state index contributed by atoms with van der Waals surface area (Å²) in [6.45, 7) is 7.99. The van der Waals surface area contributed by atoms with Crippen molar-refractivity contribution >= 4 is 5.91 Å². The Labute approximate surface area is 91.5 Å². The van der Waals surface area contributed by atoms with Gasteiger partial charge in [-0.05, 0) is 30.9 Å². The number of nitrogens with two attached hydrogens (primary N) is 1. The van der Waals surface area contributed by atoms with Crippen molar-refractivity contribution in [2.45, 2.75) is 39.0 Å². The minimum absolute atomic E-state index is 0.292. The molecule has 82 valence electrons. The molecule has 1 aromatic carbocycles. The fraction of sp³-hybridized carbons (Fsp3) is 0.462. The molecular formula is C13H19NO. The smallest absolute Gasteiger partial charge is 0.227 e. The number of carbonyl (C=O) groups is 1. The van der Waals surface area contributed by atoms with E-state index in [1.165, 1.54) is 5.56 Å². The van der Waals surface area contributed by atoms with Gasteiger partial charge in [-0.2, -0.15) is 0 Å². The average Bonchev–Trinajstić information content (AvgIpc) is 2.17. The Bertz CT molecular complexity index is 349. The van der Waals surface area contributed by atoms with E-state index in [-0.39, 0.29) is 5.91 Å². The third-order valence-electron chi connectivity index (χ3n) is 2.92. The van der Waals surface area contributed by atoms with E-state index in [2.05, 4.69) is 26.0 Å². The number of primary amides is 1. The average molecular weight is 205 g/mol. The molecule has 0 aliphatic carbocycles. The van der Waals surface area contributed by atoms with Gasteiger partial charge in [-0.15, -0.1) is 0 Å². The van der Waals surface area contributed by atoms with E-state index in [4.69, 9.17) is 5.73 Å². The zero-order valence-corrected chi connectivity index (χ0v) is 9.87. The molecule has 0 unspecified atom stereocenters. The highest BCUT2D eigenvalue weighted by molar-refractivity contribution is 5.85. The van der Waals surface area contributed by atoms with Gasteiger partial charge in [-0.1, -0.05) is 38.1 Å². The van der Waals surface area contributed by atoms with Crippen molar-refractivity contribution in [2.24, 2.45) is 5.73 Å². The van der Waals surface area contributed by atoms with Crippen LogP contribution in [-0.4, -0.2) is 5.91 Å². The van der Waals surface area contributed by atoms with E-state index >= 15 is 0 Å². The fourth-order valence-corrected chi connectivity index (χ4v) is 1.43. The standard InChI is InChI=1S/C13H19NO/c1-9(2)10-5-7-11(8-6-10)13(3,4)12(14)15/h5-9H,1-4H3,(H2,14,15). The first kappa shape index (κ1) is 11.8. The number of hydrogen-bond donors (Lipinski definition) is 1. The lowest BCUT2D eigenvalue weighted by Gasteiger charge is -2.21. The molecule has 2 N–H and O–H groups in total. The van der Waals surface area contributed by atoms with Gasteiger partial charge >= 0.3 is 0 Å². The summed E-state index contributed by atoms with van der Waals surface area (Å²) in [6, 6.07) is 8.09. The summed E-state index contributed by atoms with van der Waals surface area (Å²) >= 11 is 0. The maximum atomic E-state index is 11.3. The highest BCUT2D eigenvalue weighted by Gasteiger charge is 2.26. The lowest BCUT2D eigenvalue weighted by atomic mass is 9.83. The zero-order valence-electron chi connectivity index (χ0n) is 9.87. The molecule has 0 aliphatic heterocycles. The molecule has 2 nitrogen and oxygen atoms in total. The highest BCUT2D eigenvalue weighted by atomic mass is 16.1. The van der Waals surface area contributed by atoms with Crippen LogP contribution < -0.4 is 5.73 Å². The summed E-state index contributed by atoms with van der Waals surface area (Å²) < 4.78 is 0. The molecule has 0 saturated heterocycles. The maximum absolute atomic E-state index is 11.3. The molecule has 0 fully saturated rings. The minimum atomic E-state index is -0.588. The van der Waals surface area contributed by atoms with E-state index in [1.807, 2.05) is 26.0 Å². The Kier molecular flexibility index (Phi) is 3.18. The molecule has 2 heteroatoms. The van der Waals surface area contributed by atoms with E-state index in [0.717, 1.165) is 5.56 Å². The normalized spacial score (nSPS) is 11.8. The molecule has 0 saturated carbocycles. The van der Waals surface area contributed by atoms with Crippen molar-refractivity contribution in [3.63, 3.8) is 0 Å². The van der Waals surface area contributed by atoms with Crippen LogP contribution in [0.2, 0.25) is 0 Å². The Morgan fingerprint density at radius 1 is 1.20 bits per heavy atom. The second kappa shape index (κ2) is 4.05. The number of rotatable bonds is 3.